The maximum absolute atomic E-state index is 5.22. The monoisotopic (exact) mass is 659 g/mol. The van der Waals surface area contributed by atoms with Crippen LogP contribution < -0.4 is 0 Å². The smallest absolute Gasteiger partial charge is 0.160 e. The number of nitrogens with zero attached hydrogens (tertiary/aromatic N) is 3. The van der Waals surface area contributed by atoms with Gasteiger partial charge in [-0.15, -0.1) is 22.7 Å². The van der Waals surface area contributed by atoms with Crippen molar-refractivity contribution in [3.8, 4) is 28.3 Å². The van der Waals surface area contributed by atoms with Crippen molar-refractivity contribution in [3.05, 3.63) is 152 Å². The van der Waals surface area contributed by atoms with Crippen LogP contribution >= 0.6 is 22.7 Å². The Morgan fingerprint density at radius 3 is 1.84 bits per heavy atom. The third kappa shape index (κ3) is 3.88. The minimum absolute atomic E-state index is 0.747. The summed E-state index contributed by atoms with van der Waals surface area (Å²) >= 11 is 3.67. The van der Waals surface area contributed by atoms with Crippen LogP contribution in [0.1, 0.15) is 0 Å². The number of aromatic nitrogens is 3. The lowest BCUT2D eigenvalue weighted by Gasteiger charge is -2.12. The summed E-state index contributed by atoms with van der Waals surface area (Å²) in [4.78, 5) is 10.3. The average molecular weight is 660 g/mol. The van der Waals surface area contributed by atoms with Gasteiger partial charge in [-0.1, -0.05) is 121 Å². The molecular weight excluding hydrogens is 635 g/mol. The Balaban J connectivity index is 1.18. The molecule has 4 heterocycles. The predicted molar refractivity (Wildman–Crippen MR) is 211 cm³/mol. The first-order valence-corrected chi connectivity index (χ1v) is 18.1. The minimum atomic E-state index is 0.747. The summed E-state index contributed by atoms with van der Waals surface area (Å²) in [6.45, 7) is 0. The van der Waals surface area contributed by atoms with E-state index in [0.29, 0.717) is 0 Å². The fourth-order valence-corrected chi connectivity index (χ4v) is 10.1. The van der Waals surface area contributed by atoms with Gasteiger partial charge < -0.3 is 4.57 Å². The van der Waals surface area contributed by atoms with Crippen LogP contribution in [0.15, 0.2) is 152 Å². The van der Waals surface area contributed by atoms with Gasteiger partial charge in [0.1, 0.15) is 0 Å². The van der Waals surface area contributed by atoms with Gasteiger partial charge in [0.2, 0.25) is 0 Å². The molecule has 11 rings (SSSR count). The first-order valence-electron chi connectivity index (χ1n) is 16.4. The molecule has 0 aliphatic rings. The van der Waals surface area contributed by atoms with E-state index in [2.05, 4.69) is 138 Å². The maximum atomic E-state index is 5.22. The number of para-hydroxylation sites is 1. The van der Waals surface area contributed by atoms with Crippen molar-refractivity contribution in [2.75, 3.05) is 0 Å². The standard InChI is InChI=1S/C44H25N3S2/c1-2-12-27(13-3-1)44-45-39(43-40(46-44)33-18-8-11-21-36(33)49-43)26-22-24-28(25-23-26)47-34-19-9-6-16-31(34)38-41(47)30-15-5-4-14-29(30)37-32-17-7-10-20-35(32)48-42(37)38/h1-25H. The number of hydrogen-bond donors (Lipinski definition) is 0. The van der Waals surface area contributed by atoms with E-state index in [4.69, 9.17) is 9.97 Å². The largest absolute Gasteiger partial charge is 0.309 e. The molecule has 5 heteroatoms. The molecule has 0 aliphatic heterocycles. The first kappa shape index (κ1) is 27.1. The highest BCUT2D eigenvalue weighted by atomic mass is 32.1. The summed E-state index contributed by atoms with van der Waals surface area (Å²) in [7, 11) is 0. The number of benzene rings is 7. The molecule has 228 valence electrons. The summed E-state index contributed by atoms with van der Waals surface area (Å²) in [5, 5.41) is 9.02. The summed E-state index contributed by atoms with van der Waals surface area (Å²) in [6.07, 6.45) is 0. The molecule has 0 amide bonds. The van der Waals surface area contributed by atoms with Gasteiger partial charge in [0.15, 0.2) is 5.82 Å². The van der Waals surface area contributed by atoms with Gasteiger partial charge in [0.25, 0.3) is 0 Å². The van der Waals surface area contributed by atoms with Crippen LogP contribution in [0.4, 0.5) is 0 Å². The summed E-state index contributed by atoms with van der Waals surface area (Å²) in [5.74, 6) is 0.747. The molecule has 0 saturated carbocycles. The highest BCUT2D eigenvalue weighted by molar-refractivity contribution is 7.27. The fraction of sp³-hybridized carbons (Fsp3) is 0. The molecule has 0 aliphatic carbocycles. The van der Waals surface area contributed by atoms with E-state index in [0.717, 1.165) is 38.5 Å². The number of fused-ring (bicyclic) bond motifs is 13. The molecular formula is C44H25N3S2. The highest BCUT2D eigenvalue weighted by Crippen LogP contribution is 2.48. The maximum Gasteiger partial charge on any atom is 0.160 e. The molecule has 4 aromatic heterocycles. The van der Waals surface area contributed by atoms with Crippen molar-refractivity contribution in [1.82, 2.24) is 14.5 Å². The quantitative estimate of drug-likeness (QED) is 0.189. The Kier molecular flexibility index (Phi) is 5.70. The third-order valence-electron chi connectivity index (χ3n) is 9.80. The second kappa shape index (κ2) is 10.3. The molecule has 0 fully saturated rings. The number of thiophene rings is 2. The topological polar surface area (TPSA) is 30.7 Å². The van der Waals surface area contributed by atoms with E-state index < -0.39 is 0 Å². The van der Waals surface area contributed by atoms with E-state index in [1.807, 2.05) is 29.5 Å². The van der Waals surface area contributed by atoms with Crippen LogP contribution in [0.3, 0.4) is 0 Å². The predicted octanol–water partition coefficient (Wildman–Crippen LogP) is 12.8. The molecule has 0 unspecified atom stereocenters. The van der Waals surface area contributed by atoms with Crippen molar-refractivity contribution in [3.63, 3.8) is 0 Å². The van der Waals surface area contributed by atoms with E-state index >= 15 is 0 Å². The summed E-state index contributed by atoms with van der Waals surface area (Å²) in [6, 6.07) is 54.4. The summed E-state index contributed by atoms with van der Waals surface area (Å²) < 4.78 is 7.47. The number of rotatable bonds is 3. The van der Waals surface area contributed by atoms with Crippen LogP contribution in [0.25, 0.3) is 101 Å². The lowest BCUT2D eigenvalue weighted by Crippen LogP contribution is -1.96. The van der Waals surface area contributed by atoms with E-state index in [9.17, 15) is 0 Å². The van der Waals surface area contributed by atoms with E-state index in [1.54, 1.807) is 11.3 Å². The molecule has 49 heavy (non-hydrogen) atoms. The first-order chi connectivity index (χ1) is 24.3. The Morgan fingerprint density at radius 2 is 1.04 bits per heavy atom. The summed E-state index contributed by atoms with van der Waals surface area (Å²) in [5.41, 5.74) is 7.67. The van der Waals surface area contributed by atoms with Crippen molar-refractivity contribution >= 4 is 95.7 Å². The van der Waals surface area contributed by atoms with Crippen molar-refractivity contribution in [2.24, 2.45) is 0 Å². The molecule has 0 N–H and O–H groups in total. The van der Waals surface area contributed by atoms with Crippen LogP contribution in [-0.2, 0) is 0 Å². The highest BCUT2D eigenvalue weighted by Gasteiger charge is 2.22. The number of hydrogen-bond acceptors (Lipinski definition) is 4. The van der Waals surface area contributed by atoms with Crippen LogP contribution in [0.5, 0.6) is 0 Å². The molecule has 3 nitrogen and oxygen atoms in total. The van der Waals surface area contributed by atoms with Gasteiger partial charge in [0.05, 0.1) is 26.9 Å². The third-order valence-corrected chi connectivity index (χ3v) is 12.2. The SMILES string of the molecule is c1ccc(-c2nc(-c3ccc(-n4c5ccccc5c5c6sc7ccccc7c6c6ccccc6c54)cc3)c3sc4ccccc4c3n2)cc1. The molecule has 0 atom stereocenters. The van der Waals surface area contributed by atoms with Gasteiger partial charge in [0, 0.05) is 63.2 Å². The van der Waals surface area contributed by atoms with Gasteiger partial charge in [-0.25, -0.2) is 9.97 Å². The Morgan fingerprint density at radius 1 is 0.429 bits per heavy atom. The average Bonchev–Trinajstić information content (AvgIpc) is 3.85. The van der Waals surface area contributed by atoms with Gasteiger partial charge in [-0.2, -0.15) is 0 Å². The lowest BCUT2D eigenvalue weighted by molar-refractivity contribution is 1.18. The molecule has 0 saturated heterocycles. The van der Waals surface area contributed by atoms with Gasteiger partial charge in [-0.05, 0) is 35.7 Å². The van der Waals surface area contributed by atoms with Crippen molar-refractivity contribution in [1.29, 1.82) is 0 Å². The normalized spacial score (nSPS) is 12.1. The zero-order valence-corrected chi connectivity index (χ0v) is 27.7. The minimum Gasteiger partial charge on any atom is -0.309 e. The Hall–Kier alpha value is -5.88. The fourth-order valence-electron chi connectivity index (χ4n) is 7.66. The van der Waals surface area contributed by atoms with E-state index in [-0.39, 0.29) is 0 Å². The zero-order valence-electron chi connectivity index (χ0n) is 26.1. The molecule has 0 spiro atoms. The van der Waals surface area contributed by atoms with Gasteiger partial charge in [-0.3, -0.25) is 0 Å². The second-order valence-electron chi connectivity index (χ2n) is 12.5. The Bertz CT molecular complexity index is 3090. The van der Waals surface area contributed by atoms with Crippen molar-refractivity contribution < 1.29 is 0 Å². The molecule has 11 aromatic rings. The molecule has 0 radical (unpaired) electrons. The van der Waals surface area contributed by atoms with Crippen LogP contribution in [0.2, 0.25) is 0 Å². The second-order valence-corrected chi connectivity index (χ2v) is 14.6. The van der Waals surface area contributed by atoms with Crippen molar-refractivity contribution in [2.45, 2.75) is 0 Å². The van der Waals surface area contributed by atoms with Gasteiger partial charge >= 0.3 is 0 Å². The lowest BCUT2D eigenvalue weighted by atomic mass is 9.99. The van der Waals surface area contributed by atoms with Crippen LogP contribution in [-0.4, -0.2) is 14.5 Å². The zero-order chi connectivity index (χ0) is 32.1. The molecule has 7 aromatic carbocycles. The Labute approximate surface area is 289 Å². The van der Waals surface area contributed by atoms with E-state index in [1.165, 1.54) is 62.8 Å². The molecule has 0 bridgehead atoms. The van der Waals surface area contributed by atoms with Crippen LogP contribution in [0, 0.1) is 0 Å².